The average molecular weight is 303 g/mol. The van der Waals surface area contributed by atoms with Crippen LogP contribution in [0.15, 0.2) is 24.3 Å². The summed E-state index contributed by atoms with van der Waals surface area (Å²) in [5.74, 6) is 0.281. The first-order chi connectivity index (χ1) is 8.49. The van der Waals surface area contributed by atoms with Crippen molar-refractivity contribution in [1.29, 1.82) is 0 Å². The lowest BCUT2D eigenvalue weighted by molar-refractivity contribution is -0.126. The molecule has 1 aliphatic rings. The highest BCUT2D eigenvalue weighted by atomic mass is 35.5. The summed E-state index contributed by atoms with van der Waals surface area (Å²) in [5.41, 5.74) is 1.03. The fraction of sp³-hybridized carbons (Fsp3) is 0.500. The highest BCUT2D eigenvalue weighted by Crippen LogP contribution is 2.25. The van der Waals surface area contributed by atoms with Crippen molar-refractivity contribution in [1.82, 2.24) is 10.6 Å². The molecule has 1 fully saturated rings. The van der Waals surface area contributed by atoms with Gasteiger partial charge >= 0.3 is 0 Å². The van der Waals surface area contributed by atoms with E-state index in [0.29, 0.717) is 6.54 Å². The van der Waals surface area contributed by atoms with Gasteiger partial charge in [-0.05, 0) is 17.7 Å². The van der Waals surface area contributed by atoms with Gasteiger partial charge in [-0.15, -0.1) is 12.4 Å². The van der Waals surface area contributed by atoms with Gasteiger partial charge in [0.15, 0.2) is 0 Å². The second-order valence-electron chi connectivity index (χ2n) is 5.47. The molecule has 0 spiro atoms. The van der Waals surface area contributed by atoms with E-state index in [1.807, 2.05) is 24.3 Å². The van der Waals surface area contributed by atoms with Crippen molar-refractivity contribution in [3.8, 4) is 0 Å². The van der Waals surface area contributed by atoms with Crippen LogP contribution in [0.2, 0.25) is 5.02 Å². The summed E-state index contributed by atoms with van der Waals surface area (Å²) in [6, 6.07) is 7.80. The molecule has 1 saturated heterocycles. The first kappa shape index (κ1) is 16.3. The van der Waals surface area contributed by atoms with Crippen LogP contribution in [-0.4, -0.2) is 25.5 Å². The van der Waals surface area contributed by atoms with Gasteiger partial charge in [0.05, 0.1) is 5.92 Å². The maximum Gasteiger partial charge on any atom is 0.225 e. The molecule has 0 saturated carbocycles. The first-order valence-corrected chi connectivity index (χ1v) is 6.61. The Morgan fingerprint density at radius 3 is 2.68 bits per heavy atom. The molecule has 1 heterocycles. The predicted octanol–water partition coefficient (Wildman–Crippen LogP) is 2.38. The molecule has 19 heavy (non-hydrogen) atoms. The zero-order chi connectivity index (χ0) is 13.2. The van der Waals surface area contributed by atoms with Crippen molar-refractivity contribution in [2.24, 2.45) is 5.92 Å². The Kier molecular flexibility index (Phi) is 5.65. The Hall–Kier alpha value is -0.770. The van der Waals surface area contributed by atoms with Gasteiger partial charge in [-0.25, -0.2) is 0 Å². The third-order valence-corrected chi connectivity index (χ3v) is 3.70. The Morgan fingerprint density at radius 2 is 2.16 bits per heavy atom. The number of hydrogen-bond donors (Lipinski definition) is 2. The molecular weight excluding hydrogens is 283 g/mol. The predicted molar refractivity (Wildman–Crippen MR) is 81.1 cm³/mol. The molecular formula is C14H20Cl2N2O. The van der Waals surface area contributed by atoms with E-state index in [1.54, 1.807) is 0 Å². The van der Waals surface area contributed by atoms with Crippen LogP contribution in [0, 0.1) is 5.92 Å². The number of benzene rings is 1. The summed E-state index contributed by atoms with van der Waals surface area (Å²) in [6.07, 6.45) is 0. The molecule has 0 atom stereocenters. The number of hydrogen-bond acceptors (Lipinski definition) is 2. The third-order valence-electron chi connectivity index (χ3n) is 3.46. The van der Waals surface area contributed by atoms with Gasteiger partial charge in [-0.2, -0.15) is 0 Å². The topological polar surface area (TPSA) is 41.1 Å². The van der Waals surface area contributed by atoms with Gasteiger partial charge in [-0.3, -0.25) is 4.79 Å². The molecule has 2 rings (SSSR count). The number of carbonyl (C=O) groups is 1. The minimum atomic E-state index is -0.113. The second kappa shape index (κ2) is 6.60. The van der Waals surface area contributed by atoms with Crippen LogP contribution in [0.3, 0.4) is 0 Å². The van der Waals surface area contributed by atoms with E-state index in [9.17, 15) is 4.79 Å². The molecule has 0 aromatic heterocycles. The molecule has 1 aromatic rings. The maximum absolute atomic E-state index is 11.8. The van der Waals surface area contributed by atoms with Crippen LogP contribution < -0.4 is 10.6 Å². The number of amides is 1. The van der Waals surface area contributed by atoms with E-state index < -0.39 is 0 Å². The second-order valence-corrected chi connectivity index (χ2v) is 5.90. The van der Waals surface area contributed by atoms with Crippen LogP contribution in [0.1, 0.15) is 19.4 Å². The summed E-state index contributed by atoms with van der Waals surface area (Å²) in [7, 11) is 0. The van der Waals surface area contributed by atoms with Crippen LogP contribution in [-0.2, 0) is 10.2 Å². The molecule has 0 unspecified atom stereocenters. The Balaban J connectivity index is 0.00000180. The molecule has 3 nitrogen and oxygen atoms in total. The zero-order valence-corrected chi connectivity index (χ0v) is 12.8. The van der Waals surface area contributed by atoms with Crippen molar-refractivity contribution >= 4 is 29.9 Å². The maximum atomic E-state index is 11.8. The molecule has 0 aliphatic carbocycles. The van der Waals surface area contributed by atoms with Crippen LogP contribution in [0.4, 0.5) is 0 Å². The Morgan fingerprint density at radius 1 is 1.47 bits per heavy atom. The lowest BCUT2D eigenvalue weighted by Gasteiger charge is -2.30. The van der Waals surface area contributed by atoms with Gasteiger partial charge in [0.1, 0.15) is 0 Å². The molecule has 106 valence electrons. The summed E-state index contributed by atoms with van der Waals surface area (Å²) in [4.78, 5) is 11.8. The molecule has 5 heteroatoms. The smallest absolute Gasteiger partial charge is 0.225 e. The van der Waals surface area contributed by atoms with Gasteiger partial charge in [0, 0.05) is 30.1 Å². The quantitative estimate of drug-likeness (QED) is 0.896. The average Bonchev–Trinajstić information content (AvgIpc) is 2.24. The van der Waals surface area contributed by atoms with E-state index >= 15 is 0 Å². The SMILES string of the molecule is CC(C)(CNC(=O)C1CNC1)c1cccc(Cl)c1.Cl. The lowest BCUT2D eigenvalue weighted by atomic mass is 9.84. The fourth-order valence-electron chi connectivity index (χ4n) is 1.94. The summed E-state index contributed by atoms with van der Waals surface area (Å²) in [6.45, 7) is 6.44. The van der Waals surface area contributed by atoms with Crippen LogP contribution in [0.25, 0.3) is 0 Å². The van der Waals surface area contributed by atoms with Crippen molar-refractivity contribution in [2.45, 2.75) is 19.3 Å². The number of nitrogens with one attached hydrogen (secondary N) is 2. The van der Waals surface area contributed by atoms with E-state index in [-0.39, 0.29) is 29.6 Å². The third kappa shape index (κ3) is 4.10. The van der Waals surface area contributed by atoms with Crippen molar-refractivity contribution in [2.75, 3.05) is 19.6 Å². The van der Waals surface area contributed by atoms with Gasteiger partial charge in [0.2, 0.25) is 5.91 Å². The van der Waals surface area contributed by atoms with E-state index in [1.165, 1.54) is 0 Å². The number of carbonyl (C=O) groups excluding carboxylic acids is 1. The molecule has 2 N–H and O–H groups in total. The highest BCUT2D eigenvalue weighted by Gasteiger charge is 2.27. The molecule has 0 bridgehead atoms. The minimum absolute atomic E-state index is 0. The minimum Gasteiger partial charge on any atom is -0.355 e. The van der Waals surface area contributed by atoms with Gasteiger partial charge in [0.25, 0.3) is 0 Å². The van der Waals surface area contributed by atoms with Crippen molar-refractivity contribution < 1.29 is 4.79 Å². The lowest BCUT2D eigenvalue weighted by Crippen LogP contribution is -2.52. The number of rotatable bonds is 4. The Bertz CT molecular complexity index is 445. The molecule has 0 radical (unpaired) electrons. The van der Waals surface area contributed by atoms with E-state index in [4.69, 9.17) is 11.6 Å². The van der Waals surface area contributed by atoms with E-state index in [0.717, 1.165) is 23.7 Å². The normalized spacial score (nSPS) is 15.3. The molecule has 1 amide bonds. The van der Waals surface area contributed by atoms with Crippen molar-refractivity contribution in [3.63, 3.8) is 0 Å². The monoisotopic (exact) mass is 302 g/mol. The van der Waals surface area contributed by atoms with Crippen LogP contribution in [0.5, 0.6) is 0 Å². The Labute approximate surface area is 125 Å². The van der Waals surface area contributed by atoms with Crippen LogP contribution >= 0.6 is 24.0 Å². The number of halogens is 2. The largest absolute Gasteiger partial charge is 0.355 e. The summed E-state index contributed by atoms with van der Waals surface area (Å²) < 4.78 is 0. The zero-order valence-electron chi connectivity index (χ0n) is 11.2. The fourth-order valence-corrected chi connectivity index (χ4v) is 2.13. The first-order valence-electron chi connectivity index (χ1n) is 6.23. The molecule has 1 aliphatic heterocycles. The van der Waals surface area contributed by atoms with E-state index in [2.05, 4.69) is 24.5 Å². The highest BCUT2D eigenvalue weighted by molar-refractivity contribution is 6.30. The van der Waals surface area contributed by atoms with Gasteiger partial charge in [-0.1, -0.05) is 37.6 Å². The van der Waals surface area contributed by atoms with Crippen molar-refractivity contribution in [3.05, 3.63) is 34.9 Å². The standard InChI is InChI=1S/C14H19ClN2O.ClH/c1-14(2,11-4-3-5-12(15)6-11)9-17-13(18)10-7-16-8-10;/h3-6,10,16H,7-9H2,1-2H3,(H,17,18);1H. The molecule has 1 aromatic carbocycles. The summed E-state index contributed by atoms with van der Waals surface area (Å²) in [5, 5.41) is 6.85. The summed E-state index contributed by atoms with van der Waals surface area (Å²) >= 11 is 6.00. The van der Waals surface area contributed by atoms with Gasteiger partial charge < -0.3 is 10.6 Å².